The predicted molar refractivity (Wildman–Crippen MR) is 117 cm³/mol. The molecule has 0 spiro atoms. The fourth-order valence-electron chi connectivity index (χ4n) is 3.30. The molecule has 31 heavy (non-hydrogen) atoms. The fraction of sp³-hybridized carbons (Fsp3) is 0.174. The Labute approximate surface area is 182 Å². The quantitative estimate of drug-likeness (QED) is 0.582. The first-order valence-electron chi connectivity index (χ1n) is 9.65. The van der Waals surface area contributed by atoms with E-state index in [9.17, 15) is 18.8 Å². The highest BCUT2D eigenvalue weighted by molar-refractivity contribution is 8.18. The van der Waals surface area contributed by atoms with Crippen molar-refractivity contribution >= 4 is 45.9 Å². The largest absolute Gasteiger partial charge is 0.464 e. The lowest BCUT2D eigenvalue weighted by Crippen LogP contribution is -2.37. The zero-order valence-electron chi connectivity index (χ0n) is 16.7. The Bertz CT molecular complexity index is 1220. The van der Waals surface area contributed by atoms with Crippen LogP contribution in [0.5, 0.6) is 0 Å². The van der Waals surface area contributed by atoms with E-state index in [1.807, 2.05) is 25.1 Å². The molecular weight excluding hydrogens is 419 g/mol. The molecule has 2 heterocycles. The number of amides is 3. The van der Waals surface area contributed by atoms with Crippen LogP contribution in [0.1, 0.15) is 16.7 Å². The normalized spacial score (nSPS) is 15.3. The van der Waals surface area contributed by atoms with Gasteiger partial charge >= 0.3 is 0 Å². The molecule has 1 N–H and O–H groups in total. The molecule has 3 aromatic rings. The van der Waals surface area contributed by atoms with Crippen LogP contribution < -0.4 is 5.32 Å². The maximum Gasteiger partial charge on any atom is 0.293 e. The number of hydrogen-bond acceptors (Lipinski definition) is 5. The van der Waals surface area contributed by atoms with Crippen molar-refractivity contribution in [3.8, 4) is 0 Å². The summed E-state index contributed by atoms with van der Waals surface area (Å²) in [4.78, 5) is 38.2. The van der Waals surface area contributed by atoms with Crippen LogP contribution in [0.25, 0.3) is 17.0 Å². The zero-order valence-corrected chi connectivity index (χ0v) is 17.5. The van der Waals surface area contributed by atoms with Crippen molar-refractivity contribution < 1.29 is 23.2 Å². The molecule has 1 saturated heterocycles. The van der Waals surface area contributed by atoms with Crippen LogP contribution in [0.3, 0.4) is 0 Å². The number of halogens is 1. The smallest absolute Gasteiger partial charge is 0.293 e. The Morgan fingerprint density at radius 2 is 2.03 bits per heavy atom. The second kappa shape index (κ2) is 8.77. The maximum absolute atomic E-state index is 13.8. The molecule has 2 aromatic carbocycles. The Morgan fingerprint density at radius 3 is 2.84 bits per heavy atom. The summed E-state index contributed by atoms with van der Waals surface area (Å²) in [5, 5.41) is 3.16. The molecule has 4 rings (SSSR count). The summed E-state index contributed by atoms with van der Waals surface area (Å²) in [7, 11) is 0. The highest BCUT2D eigenvalue weighted by Gasteiger charge is 2.34. The number of rotatable bonds is 6. The Kier molecular flexibility index (Phi) is 5.90. The highest BCUT2D eigenvalue weighted by atomic mass is 32.2. The minimum absolute atomic E-state index is 0.0380. The fourth-order valence-corrected chi connectivity index (χ4v) is 4.15. The minimum atomic E-state index is -0.497. The van der Waals surface area contributed by atoms with E-state index in [-0.39, 0.29) is 35.9 Å². The summed E-state index contributed by atoms with van der Waals surface area (Å²) in [5.74, 6) is -1.20. The summed E-state index contributed by atoms with van der Waals surface area (Å²) in [6.45, 7) is 2.12. The molecular formula is C23H19FN2O4S. The number of carbonyl (C=O) groups is 3. The lowest BCUT2D eigenvalue weighted by molar-refractivity contribution is -0.124. The van der Waals surface area contributed by atoms with Gasteiger partial charge in [-0.3, -0.25) is 19.3 Å². The van der Waals surface area contributed by atoms with Crippen molar-refractivity contribution in [2.75, 3.05) is 13.1 Å². The van der Waals surface area contributed by atoms with Crippen LogP contribution in [0, 0.1) is 12.7 Å². The van der Waals surface area contributed by atoms with Crippen LogP contribution in [0.15, 0.2) is 58.1 Å². The number of nitrogens with one attached hydrogen (secondary N) is 1. The lowest BCUT2D eigenvalue weighted by Gasteiger charge is -2.12. The van der Waals surface area contributed by atoms with E-state index in [4.69, 9.17) is 4.42 Å². The number of carbonyl (C=O) groups excluding carboxylic acids is 3. The van der Waals surface area contributed by atoms with Gasteiger partial charge in [0.25, 0.3) is 11.1 Å². The average Bonchev–Trinajstić information content (AvgIpc) is 3.24. The molecule has 0 saturated carbocycles. The topological polar surface area (TPSA) is 79.6 Å². The van der Waals surface area contributed by atoms with Gasteiger partial charge in [0.1, 0.15) is 11.4 Å². The summed E-state index contributed by atoms with van der Waals surface area (Å²) in [6, 6.07) is 11.8. The van der Waals surface area contributed by atoms with E-state index in [1.54, 1.807) is 18.4 Å². The van der Waals surface area contributed by atoms with E-state index in [0.29, 0.717) is 0 Å². The summed E-state index contributed by atoms with van der Waals surface area (Å²) in [5.41, 5.74) is 2.80. The second-order valence-electron chi connectivity index (χ2n) is 7.14. The monoisotopic (exact) mass is 438 g/mol. The first kappa shape index (κ1) is 20.9. The van der Waals surface area contributed by atoms with E-state index >= 15 is 0 Å². The molecule has 1 fully saturated rings. The number of imide groups is 1. The van der Waals surface area contributed by atoms with Gasteiger partial charge in [-0.15, -0.1) is 0 Å². The molecule has 0 radical (unpaired) electrons. The molecule has 0 bridgehead atoms. The summed E-state index contributed by atoms with van der Waals surface area (Å²) in [6.07, 6.45) is 3.06. The van der Waals surface area contributed by atoms with Crippen molar-refractivity contribution in [3.05, 3.63) is 76.1 Å². The number of nitrogens with zero attached hydrogens (tertiary/aromatic N) is 1. The molecule has 1 aliphatic heterocycles. The van der Waals surface area contributed by atoms with Crippen molar-refractivity contribution in [1.29, 1.82) is 0 Å². The van der Waals surface area contributed by atoms with Gasteiger partial charge in [-0.25, -0.2) is 4.39 Å². The third-order valence-electron chi connectivity index (χ3n) is 4.89. The van der Waals surface area contributed by atoms with Crippen molar-refractivity contribution in [3.63, 3.8) is 0 Å². The van der Waals surface area contributed by atoms with E-state index in [0.717, 1.165) is 38.8 Å². The van der Waals surface area contributed by atoms with Crippen LogP contribution in [-0.4, -0.2) is 35.0 Å². The Hall–Kier alpha value is -3.39. The molecule has 0 atom stereocenters. The third kappa shape index (κ3) is 4.54. The van der Waals surface area contributed by atoms with Crippen LogP contribution in [0.2, 0.25) is 0 Å². The molecule has 6 nitrogen and oxygen atoms in total. The lowest BCUT2D eigenvalue weighted by atomic mass is 10.1. The molecule has 1 aliphatic rings. The van der Waals surface area contributed by atoms with Gasteiger partial charge < -0.3 is 9.73 Å². The van der Waals surface area contributed by atoms with Gasteiger partial charge in [0.2, 0.25) is 5.91 Å². The van der Waals surface area contributed by atoms with Gasteiger partial charge in [0, 0.05) is 29.6 Å². The predicted octanol–water partition coefficient (Wildman–Crippen LogP) is 4.28. The Morgan fingerprint density at radius 1 is 1.23 bits per heavy atom. The van der Waals surface area contributed by atoms with Gasteiger partial charge in [-0.05, 0) is 42.5 Å². The maximum atomic E-state index is 13.8. The molecule has 3 amide bonds. The highest BCUT2D eigenvalue weighted by Crippen LogP contribution is 2.32. The van der Waals surface area contributed by atoms with Crippen molar-refractivity contribution in [2.45, 2.75) is 13.3 Å². The van der Waals surface area contributed by atoms with Gasteiger partial charge in [0.15, 0.2) is 0 Å². The van der Waals surface area contributed by atoms with E-state index < -0.39 is 17.0 Å². The number of benzene rings is 2. The third-order valence-corrected chi connectivity index (χ3v) is 5.79. The number of hydrogen-bond donors (Lipinski definition) is 1. The number of thioether (sulfide) groups is 1. The van der Waals surface area contributed by atoms with Gasteiger partial charge in [-0.2, -0.15) is 0 Å². The number of fused-ring (bicyclic) bond motifs is 1. The molecule has 0 aliphatic carbocycles. The zero-order chi connectivity index (χ0) is 22.0. The standard InChI is InChI=1S/C23H19FN2O4S/c1-14-6-7-17-16(13-30-19(17)10-14)12-21(27)25-8-9-26-22(28)20(31-23(26)29)11-15-4-2-3-5-18(15)24/h2-7,10-11,13H,8-9,12H2,1H3,(H,25,27). The number of furan rings is 1. The van der Waals surface area contributed by atoms with Gasteiger partial charge in [0.05, 0.1) is 17.6 Å². The molecule has 158 valence electrons. The van der Waals surface area contributed by atoms with Crippen molar-refractivity contribution in [1.82, 2.24) is 10.2 Å². The molecule has 1 aromatic heterocycles. The SMILES string of the molecule is Cc1ccc2c(CC(=O)NCCN3C(=O)SC(=Cc4ccccc4F)C3=O)coc2c1. The van der Waals surface area contributed by atoms with Crippen LogP contribution >= 0.6 is 11.8 Å². The molecule has 8 heteroatoms. The number of aryl methyl sites for hydroxylation is 1. The molecule has 0 unspecified atom stereocenters. The van der Waals surface area contributed by atoms with Crippen LogP contribution in [-0.2, 0) is 16.0 Å². The van der Waals surface area contributed by atoms with Crippen LogP contribution in [0.4, 0.5) is 9.18 Å². The minimum Gasteiger partial charge on any atom is -0.464 e. The second-order valence-corrected chi connectivity index (χ2v) is 8.14. The van der Waals surface area contributed by atoms with E-state index in [1.165, 1.54) is 18.2 Å². The first-order chi connectivity index (χ1) is 14.9. The Balaban J connectivity index is 1.33. The summed E-state index contributed by atoms with van der Waals surface area (Å²) < 4.78 is 19.3. The van der Waals surface area contributed by atoms with Crippen molar-refractivity contribution in [2.24, 2.45) is 0 Å². The van der Waals surface area contributed by atoms with E-state index in [2.05, 4.69) is 5.32 Å². The first-order valence-corrected chi connectivity index (χ1v) is 10.5. The summed E-state index contributed by atoms with van der Waals surface area (Å²) >= 11 is 0.757. The average molecular weight is 438 g/mol. The van der Waals surface area contributed by atoms with Gasteiger partial charge in [-0.1, -0.05) is 30.3 Å².